The topological polar surface area (TPSA) is 32.4 Å². The van der Waals surface area contributed by atoms with E-state index in [0.29, 0.717) is 6.54 Å². The predicted molar refractivity (Wildman–Crippen MR) is 42.0 cm³/mol. The largest absolute Gasteiger partial charge is 0.379 e. The molecule has 1 aliphatic rings. The van der Waals surface area contributed by atoms with E-state index in [-0.39, 0.29) is 0 Å². The normalized spacial score (nSPS) is 22.1. The highest BCUT2D eigenvalue weighted by atomic mass is 16.5. The molecule has 0 aromatic carbocycles. The highest BCUT2D eigenvalue weighted by Crippen LogP contribution is 2.07. The number of nitrogens with zero attached hydrogens (tertiary/aromatic N) is 1. The second-order valence-corrected chi connectivity index (χ2v) is 3.65. The van der Waals surface area contributed by atoms with Crippen molar-refractivity contribution in [3.05, 3.63) is 0 Å². The van der Waals surface area contributed by atoms with Gasteiger partial charge in [0.2, 0.25) is 0 Å². The van der Waals surface area contributed by atoms with Gasteiger partial charge in [0, 0.05) is 19.6 Å². The molecule has 0 amide bonds. The van der Waals surface area contributed by atoms with Crippen LogP contribution in [0, 0.1) is 0 Å². The molecule has 1 rings (SSSR count). The average Bonchev–Trinajstić information content (AvgIpc) is 1.85. The number of rotatable bonds is 2. The van der Waals surface area contributed by atoms with Gasteiger partial charge in [-0.05, 0) is 13.8 Å². The maximum atomic E-state index is 11.3. The monoisotopic (exact) mass is 158 g/mol. The Kier molecular flexibility index (Phi) is 2.87. The molecule has 1 aliphatic heterocycles. The number of hydrogen-bond donors (Lipinski definition) is 0. The Bertz CT molecular complexity index is 114. The van der Waals surface area contributed by atoms with Crippen LogP contribution in [0.1, 0.15) is 13.8 Å². The molecule has 0 aliphatic carbocycles. The van der Waals surface area contributed by atoms with Crippen molar-refractivity contribution in [2.75, 3.05) is 32.8 Å². The van der Waals surface area contributed by atoms with Crippen LogP contribution in [0.2, 0.25) is 0 Å². The van der Waals surface area contributed by atoms with E-state index in [1.54, 1.807) is 13.8 Å². The number of morpholine rings is 1. The Morgan fingerprint density at radius 3 is 2.36 bits per heavy atom. The smallest absolute Gasteiger partial charge is 0.111 e. The summed E-state index contributed by atoms with van der Waals surface area (Å²) < 4.78 is 5.17. The van der Waals surface area contributed by atoms with Crippen LogP contribution in [0.3, 0.4) is 0 Å². The summed E-state index contributed by atoms with van der Waals surface area (Å²) in [6.07, 6.45) is 0. The highest BCUT2D eigenvalue weighted by Gasteiger charge is 2.21. The number of ether oxygens (including phenoxy) is 1. The standard InChI is InChI=1S/C8H16NO2/c1-8(2,10)7-9-3-5-11-6-4-9/h3-7H2,1-2H3. The second kappa shape index (κ2) is 3.52. The van der Waals surface area contributed by atoms with Crippen LogP contribution in [0.4, 0.5) is 0 Å². The first-order chi connectivity index (χ1) is 5.08. The summed E-state index contributed by atoms with van der Waals surface area (Å²) >= 11 is 0. The Morgan fingerprint density at radius 2 is 1.91 bits per heavy atom. The molecule has 1 saturated heterocycles. The molecule has 3 heteroatoms. The fourth-order valence-electron chi connectivity index (χ4n) is 1.30. The lowest BCUT2D eigenvalue weighted by Crippen LogP contribution is -2.44. The quantitative estimate of drug-likeness (QED) is 0.587. The lowest BCUT2D eigenvalue weighted by molar-refractivity contribution is -0.0490. The van der Waals surface area contributed by atoms with Gasteiger partial charge < -0.3 is 4.74 Å². The summed E-state index contributed by atoms with van der Waals surface area (Å²) in [7, 11) is 0. The van der Waals surface area contributed by atoms with Crippen LogP contribution in [0.15, 0.2) is 0 Å². The molecule has 3 nitrogen and oxygen atoms in total. The molecular weight excluding hydrogens is 142 g/mol. The van der Waals surface area contributed by atoms with Crippen molar-refractivity contribution >= 4 is 0 Å². The molecule has 0 bridgehead atoms. The van der Waals surface area contributed by atoms with Crippen molar-refractivity contribution in [3.8, 4) is 0 Å². The Hall–Kier alpha value is -0.120. The first-order valence-electron chi connectivity index (χ1n) is 4.08. The zero-order valence-electron chi connectivity index (χ0n) is 7.30. The fourth-order valence-corrected chi connectivity index (χ4v) is 1.30. The first-order valence-corrected chi connectivity index (χ1v) is 4.08. The van der Waals surface area contributed by atoms with E-state index in [0.717, 1.165) is 26.3 Å². The zero-order valence-corrected chi connectivity index (χ0v) is 7.30. The molecule has 0 N–H and O–H groups in total. The Balaban J connectivity index is 2.24. The third-order valence-corrected chi connectivity index (χ3v) is 1.71. The summed E-state index contributed by atoms with van der Waals surface area (Å²) in [4.78, 5) is 2.16. The Labute approximate surface area is 68.0 Å². The van der Waals surface area contributed by atoms with Gasteiger partial charge in [0.25, 0.3) is 0 Å². The van der Waals surface area contributed by atoms with Gasteiger partial charge in [-0.15, -0.1) is 0 Å². The van der Waals surface area contributed by atoms with E-state index in [4.69, 9.17) is 4.74 Å². The maximum absolute atomic E-state index is 11.3. The molecule has 0 spiro atoms. The molecule has 65 valence electrons. The predicted octanol–water partition coefficient (Wildman–Crippen LogP) is 0.528. The molecule has 11 heavy (non-hydrogen) atoms. The molecule has 1 radical (unpaired) electrons. The third kappa shape index (κ3) is 3.70. The minimum atomic E-state index is -0.822. The van der Waals surface area contributed by atoms with Crippen LogP contribution in [0.5, 0.6) is 0 Å². The van der Waals surface area contributed by atoms with Gasteiger partial charge in [-0.3, -0.25) is 4.90 Å². The van der Waals surface area contributed by atoms with Crippen molar-refractivity contribution < 1.29 is 9.84 Å². The molecule has 0 aromatic heterocycles. The Morgan fingerprint density at radius 1 is 1.36 bits per heavy atom. The number of hydrogen-bond acceptors (Lipinski definition) is 2. The van der Waals surface area contributed by atoms with Gasteiger partial charge in [-0.2, -0.15) is 0 Å². The lowest BCUT2D eigenvalue weighted by Gasteiger charge is -2.30. The molecular formula is C8H16NO2. The summed E-state index contributed by atoms with van der Waals surface area (Å²) in [5.41, 5.74) is -0.822. The summed E-state index contributed by atoms with van der Waals surface area (Å²) in [6.45, 7) is 7.45. The SMILES string of the molecule is CC(C)([O])CN1CCOCC1. The van der Waals surface area contributed by atoms with Crippen LogP contribution < -0.4 is 0 Å². The van der Waals surface area contributed by atoms with E-state index in [1.807, 2.05) is 0 Å². The van der Waals surface area contributed by atoms with Gasteiger partial charge in [-0.1, -0.05) is 0 Å². The minimum Gasteiger partial charge on any atom is -0.379 e. The minimum absolute atomic E-state index is 0.635. The average molecular weight is 158 g/mol. The zero-order chi connectivity index (χ0) is 8.32. The van der Waals surface area contributed by atoms with E-state index >= 15 is 0 Å². The van der Waals surface area contributed by atoms with E-state index in [2.05, 4.69) is 4.90 Å². The van der Waals surface area contributed by atoms with E-state index in [1.165, 1.54) is 0 Å². The summed E-state index contributed by atoms with van der Waals surface area (Å²) in [6, 6.07) is 0. The van der Waals surface area contributed by atoms with E-state index in [9.17, 15) is 5.11 Å². The van der Waals surface area contributed by atoms with Crippen molar-refractivity contribution in [3.63, 3.8) is 0 Å². The van der Waals surface area contributed by atoms with Crippen molar-refractivity contribution in [1.29, 1.82) is 0 Å². The van der Waals surface area contributed by atoms with Crippen molar-refractivity contribution in [2.45, 2.75) is 19.4 Å². The molecule has 0 aromatic rings. The van der Waals surface area contributed by atoms with Gasteiger partial charge in [-0.25, -0.2) is 5.11 Å². The van der Waals surface area contributed by atoms with Crippen molar-refractivity contribution in [2.24, 2.45) is 0 Å². The summed E-state index contributed by atoms with van der Waals surface area (Å²) in [5, 5.41) is 11.3. The van der Waals surface area contributed by atoms with Gasteiger partial charge in [0.1, 0.15) is 5.60 Å². The molecule has 1 heterocycles. The summed E-state index contributed by atoms with van der Waals surface area (Å²) in [5.74, 6) is 0. The van der Waals surface area contributed by atoms with Gasteiger partial charge in [0.05, 0.1) is 13.2 Å². The van der Waals surface area contributed by atoms with Crippen LogP contribution >= 0.6 is 0 Å². The molecule has 0 atom stereocenters. The second-order valence-electron chi connectivity index (χ2n) is 3.65. The van der Waals surface area contributed by atoms with Crippen LogP contribution in [0.25, 0.3) is 0 Å². The van der Waals surface area contributed by atoms with Crippen LogP contribution in [-0.4, -0.2) is 43.3 Å². The molecule has 1 fully saturated rings. The first kappa shape index (κ1) is 8.97. The molecule has 0 unspecified atom stereocenters. The van der Waals surface area contributed by atoms with E-state index < -0.39 is 5.60 Å². The van der Waals surface area contributed by atoms with Gasteiger partial charge >= 0.3 is 0 Å². The fraction of sp³-hybridized carbons (Fsp3) is 1.00. The highest BCUT2D eigenvalue weighted by molar-refractivity contribution is 4.73. The van der Waals surface area contributed by atoms with Crippen molar-refractivity contribution in [1.82, 2.24) is 4.90 Å². The lowest BCUT2D eigenvalue weighted by atomic mass is 10.1. The van der Waals surface area contributed by atoms with Crippen LogP contribution in [-0.2, 0) is 9.84 Å². The maximum Gasteiger partial charge on any atom is 0.111 e. The third-order valence-electron chi connectivity index (χ3n) is 1.71. The molecule has 0 saturated carbocycles. The van der Waals surface area contributed by atoms with Gasteiger partial charge in [0.15, 0.2) is 0 Å².